The molecule has 1 aliphatic rings. The molecule has 1 saturated carbocycles. The third kappa shape index (κ3) is 5.73. The van der Waals surface area contributed by atoms with E-state index in [0.717, 1.165) is 33.8 Å². The minimum absolute atomic E-state index is 0.183. The first kappa shape index (κ1) is 27.7. The van der Waals surface area contributed by atoms with Crippen molar-refractivity contribution in [1.29, 1.82) is 0 Å². The van der Waals surface area contributed by atoms with Gasteiger partial charge in [-0.3, -0.25) is 4.79 Å². The Bertz CT molecular complexity index is 1390. The quantitative estimate of drug-likeness (QED) is 0.309. The number of anilines is 2. The highest BCUT2D eigenvalue weighted by atomic mass is 32.1. The largest absolute Gasteiger partial charge is 0.481 e. The van der Waals surface area contributed by atoms with Crippen LogP contribution in [-0.2, 0) is 16.6 Å². The van der Waals surface area contributed by atoms with Crippen molar-refractivity contribution in [2.75, 3.05) is 5.32 Å². The topological polar surface area (TPSA) is 108 Å². The van der Waals surface area contributed by atoms with Crippen molar-refractivity contribution in [2.24, 2.45) is 11.3 Å². The first-order valence-electron chi connectivity index (χ1n) is 12.1. The maximum Gasteiger partial charge on any atom is 0.433 e. The van der Waals surface area contributed by atoms with E-state index < -0.39 is 34.8 Å². The summed E-state index contributed by atoms with van der Waals surface area (Å²) in [4.78, 5) is 24.5. The van der Waals surface area contributed by atoms with Crippen molar-refractivity contribution in [3.05, 3.63) is 59.0 Å². The molecular formula is C27H29F3N4O3S. The smallest absolute Gasteiger partial charge is 0.433 e. The molecule has 0 spiro atoms. The zero-order chi connectivity index (χ0) is 27.9. The number of nitrogens with one attached hydrogen (secondary N) is 1. The van der Waals surface area contributed by atoms with Gasteiger partial charge in [0.2, 0.25) is 5.95 Å². The van der Waals surface area contributed by atoms with Gasteiger partial charge in [-0.05, 0) is 79.5 Å². The highest BCUT2D eigenvalue weighted by Gasteiger charge is 2.49. The second kappa shape index (κ2) is 10.1. The lowest BCUT2D eigenvalue weighted by Gasteiger charge is -2.44. The SMILES string of the molecule is C/C=C(/C)c1cc(Nc2nccc(C(F)(F)F)n2)cc(-c2cnc(C3(O)CCC(C(=O)O)C(C)(C)C3)s2)c1. The van der Waals surface area contributed by atoms with Gasteiger partial charge in [-0.15, -0.1) is 11.3 Å². The van der Waals surface area contributed by atoms with Crippen LogP contribution in [0.5, 0.6) is 0 Å². The monoisotopic (exact) mass is 546 g/mol. The van der Waals surface area contributed by atoms with Gasteiger partial charge < -0.3 is 15.5 Å². The number of nitrogens with zero attached hydrogens (tertiary/aromatic N) is 3. The van der Waals surface area contributed by atoms with Gasteiger partial charge in [-0.25, -0.2) is 15.0 Å². The molecule has 7 nitrogen and oxygen atoms in total. The van der Waals surface area contributed by atoms with E-state index in [1.807, 2.05) is 39.8 Å². The first-order chi connectivity index (χ1) is 17.7. The van der Waals surface area contributed by atoms with Crippen molar-refractivity contribution >= 4 is 34.5 Å². The van der Waals surface area contributed by atoms with Crippen molar-refractivity contribution in [1.82, 2.24) is 15.0 Å². The van der Waals surface area contributed by atoms with Gasteiger partial charge in [0, 0.05) is 18.1 Å². The molecule has 11 heteroatoms. The number of thiazole rings is 1. The molecule has 0 bridgehead atoms. The summed E-state index contributed by atoms with van der Waals surface area (Å²) in [6.45, 7) is 7.51. The van der Waals surface area contributed by atoms with E-state index >= 15 is 0 Å². The number of aromatic nitrogens is 3. The molecule has 0 radical (unpaired) electrons. The maximum atomic E-state index is 13.1. The minimum atomic E-state index is -4.59. The number of alkyl halides is 3. The van der Waals surface area contributed by atoms with Crippen molar-refractivity contribution in [2.45, 2.75) is 58.7 Å². The van der Waals surface area contributed by atoms with E-state index in [1.54, 1.807) is 18.3 Å². The number of carboxylic acid groups (broad SMARTS) is 1. The Balaban J connectivity index is 1.68. The Kier molecular flexibility index (Phi) is 7.37. The van der Waals surface area contributed by atoms with Gasteiger partial charge >= 0.3 is 12.1 Å². The summed E-state index contributed by atoms with van der Waals surface area (Å²) in [7, 11) is 0. The summed E-state index contributed by atoms with van der Waals surface area (Å²) in [5.74, 6) is -1.59. The summed E-state index contributed by atoms with van der Waals surface area (Å²) in [6.07, 6.45) is 0.937. The predicted molar refractivity (Wildman–Crippen MR) is 140 cm³/mol. The molecule has 38 heavy (non-hydrogen) atoms. The average Bonchev–Trinajstić information content (AvgIpc) is 3.33. The molecule has 1 aliphatic carbocycles. The number of aliphatic hydroxyl groups is 1. The predicted octanol–water partition coefficient (Wildman–Crippen LogP) is 6.88. The molecule has 0 aliphatic heterocycles. The number of benzene rings is 1. The second-order valence-corrected chi connectivity index (χ2v) is 11.3. The average molecular weight is 547 g/mol. The Morgan fingerprint density at radius 1 is 1.24 bits per heavy atom. The van der Waals surface area contributed by atoms with E-state index in [4.69, 9.17) is 0 Å². The zero-order valence-electron chi connectivity index (χ0n) is 21.4. The van der Waals surface area contributed by atoms with Gasteiger partial charge in [0.15, 0.2) is 0 Å². The van der Waals surface area contributed by atoms with Crippen molar-refractivity contribution in [3.63, 3.8) is 0 Å². The first-order valence-corrected chi connectivity index (χ1v) is 12.9. The highest BCUT2D eigenvalue weighted by molar-refractivity contribution is 7.15. The zero-order valence-corrected chi connectivity index (χ0v) is 22.2. The molecule has 2 heterocycles. The van der Waals surface area contributed by atoms with Crippen molar-refractivity contribution in [3.8, 4) is 10.4 Å². The molecule has 1 aromatic carbocycles. The number of hydrogen-bond donors (Lipinski definition) is 3. The van der Waals surface area contributed by atoms with Crippen LogP contribution in [0.4, 0.5) is 24.8 Å². The van der Waals surface area contributed by atoms with Crippen LogP contribution in [0, 0.1) is 11.3 Å². The molecule has 4 rings (SSSR count). The van der Waals surface area contributed by atoms with E-state index in [0.29, 0.717) is 17.1 Å². The molecule has 3 aromatic rings. The van der Waals surface area contributed by atoms with Gasteiger partial charge in [0.25, 0.3) is 0 Å². The number of rotatable bonds is 6. The molecular weight excluding hydrogens is 517 g/mol. The van der Waals surface area contributed by atoms with Crippen LogP contribution in [0.2, 0.25) is 0 Å². The number of aliphatic carboxylic acids is 1. The normalized spacial score (nSPS) is 21.8. The fraction of sp³-hybridized carbons (Fsp3) is 0.407. The van der Waals surface area contributed by atoms with Crippen LogP contribution in [0.25, 0.3) is 16.0 Å². The molecule has 3 N–H and O–H groups in total. The molecule has 2 unspecified atom stereocenters. The number of hydrogen-bond acceptors (Lipinski definition) is 7. The van der Waals surface area contributed by atoms with Crippen LogP contribution in [0.15, 0.2) is 42.7 Å². The van der Waals surface area contributed by atoms with Crippen LogP contribution in [-0.4, -0.2) is 31.1 Å². The number of allylic oxidation sites excluding steroid dienone is 2. The summed E-state index contributed by atoms with van der Waals surface area (Å²) in [5.41, 5.74) is 0.140. The summed E-state index contributed by atoms with van der Waals surface area (Å²) in [5, 5.41) is 24.4. The van der Waals surface area contributed by atoms with E-state index in [1.165, 1.54) is 11.3 Å². The number of carbonyl (C=O) groups is 1. The van der Waals surface area contributed by atoms with Crippen LogP contribution in [0.1, 0.15) is 63.2 Å². The van der Waals surface area contributed by atoms with Crippen LogP contribution in [0.3, 0.4) is 0 Å². The van der Waals surface area contributed by atoms with Crippen molar-refractivity contribution < 1.29 is 28.2 Å². The Labute approximate surface area is 222 Å². The molecule has 0 amide bonds. The standard InChI is InChI=1S/C27H29F3N4O3S/c1-5-15(2)16-10-17(12-18(11-16)33-24-31-9-7-21(34-24)27(28,29)30)20-13-32-23(38-20)26(37)8-6-19(22(35)36)25(3,4)14-26/h5,7,9-13,19,37H,6,8,14H2,1-4H3,(H,35,36)(H,31,33,34)/b15-5-. The summed E-state index contributed by atoms with van der Waals surface area (Å²) in [6, 6.07) is 6.32. The molecule has 1 fully saturated rings. The minimum Gasteiger partial charge on any atom is -0.481 e. The lowest BCUT2D eigenvalue weighted by atomic mass is 9.63. The van der Waals surface area contributed by atoms with E-state index in [9.17, 15) is 28.2 Å². The van der Waals surface area contributed by atoms with E-state index in [-0.39, 0.29) is 18.8 Å². The van der Waals surface area contributed by atoms with Crippen LogP contribution >= 0.6 is 11.3 Å². The molecule has 2 aromatic heterocycles. The molecule has 202 valence electrons. The third-order valence-electron chi connectivity index (χ3n) is 7.05. The number of carboxylic acids is 1. The Morgan fingerprint density at radius 3 is 2.61 bits per heavy atom. The van der Waals surface area contributed by atoms with E-state index in [2.05, 4.69) is 20.3 Å². The Morgan fingerprint density at radius 2 is 1.97 bits per heavy atom. The summed E-state index contributed by atoms with van der Waals surface area (Å²) >= 11 is 1.31. The van der Waals surface area contributed by atoms with Crippen LogP contribution < -0.4 is 5.32 Å². The molecule has 2 atom stereocenters. The Hall–Kier alpha value is -3.31. The molecule has 0 saturated heterocycles. The van der Waals surface area contributed by atoms with Gasteiger partial charge in [-0.1, -0.05) is 19.9 Å². The van der Waals surface area contributed by atoms with Gasteiger partial charge in [-0.2, -0.15) is 13.2 Å². The third-order valence-corrected chi connectivity index (χ3v) is 8.29. The lowest BCUT2D eigenvalue weighted by molar-refractivity contribution is -0.154. The lowest BCUT2D eigenvalue weighted by Crippen LogP contribution is -2.44. The van der Waals surface area contributed by atoms with Gasteiger partial charge in [0.05, 0.1) is 10.8 Å². The fourth-order valence-corrected chi connectivity index (χ4v) is 5.96. The fourth-order valence-electron chi connectivity index (χ4n) is 4.94. The highest BCUT2D eigenvalue weighted by Crippen LogP contribution is 2.51. The second-order valence-electron chi connectivity index (χ2n) is 10.3. The van der Waals surface area contributed by atoms with Gasteiger partial charge in [0.1, 0.15) is 16.3 Å². The number of halogens is 3. The summed E-state index contributed by atoms with van der Waals surface area (Å²) < 4.78 is 39.4. The maximum absolute atomic E-state index is 13.1.